The van der Waals surface area contributed by atoms with E-state index in [4.69, 9.17) is 4.18 Å². The van der Waals surface area contributed by atoms with Gasteiger partial charge in [-0.05, 0) is 38.0 Å². The van der Waals surface area contributed by atoms with Crippen molar-refractivity contribution in [2.24, 2.45) is 0 Å². The van der Waals surface area contributed by atoms with E-state index in [9.17, 15) is 13.2 Å². The van der Waals surface area contributed by atoms with Crippen molar-refractivity contribution in [1.82, 2.24) is 4.90 Å². The summed E-state index contributed by atoms with van der Waals surface area (Å²) in [5.41, 5.74) is 0.950. The Morgan fingerprint density at radius 3 is 2.25 bits per heavy atom. The molecule has 6 heteroatoms. The van der Waals surface area contributed by atoms with Crippen molar-refractivity contribution in [2.45, 2.75) is 65.5 Å². The van der Waals surface area contributed by atoms with E-state index in [0.29, 0.717) is 13.0 Å². The summed E-state index contributed by atoms with van der Waals surface area (Å²) in [6.07, 6.45) is 5.93. The molecule has 0 saturated carbocycles. The first-order valence-electron chi connectivity index (χ1n) is 8.50. The Labute approximate surface area is 146 Å². The van der Waals surface area contributed by atoms with Crippen LogP contribution in [0.4, 0.5) is 0 Å². The van der Waals surface area contributed by atoms with Gasteiger partial charge in [0.05, 0.1) is 6.26 Å². The van der Waals surface area contributed by atoms with Crippen molar-refractivity contribution in [3.63, 3.8) is 0 Å². The molecule has 5 nitrogen and oxygen atoms in total. The normalized spacial score (nSPS) is 11.5. The summed E-state index contributed by atoms with van der Waals surface area (Å²) in [7, 11) is -3.52. The van der Waals surface area contributed by atoms with Gasteiger partial charge in [0.1, 0.15) is 5.75 Å². The molecular formula is C18H29NO4S. The summed E-state index contributed by atoms with van der Waals surface area (Å²) in [4.78, 5) is 14.3. The van der Waals surface area contributed by atoms with Gasteiger partial charge in [-0.3, -0.25) is 4.79 Å². The second kappa shape index (κ2) is 9.67. The lowest BCUT2D eigenvalue weighted by atomic mass is 10.1. The second-order valence-corrected chi connectivity index (χ2v) is 7.93. The third-order valence-electron chi connectivity index (χ3n) is 3.71. The number of carbonyl (C=O) groups excluding carboxylic acids is 1. The van der Waals surface area contributed by atoms with E-state index >= 15 is 0 Å². The minimum absolute atomic E-state index is 0.121. The number of benzene rings is 1. The molecule has 0 radical (unpaired) electrons. The number of amides is 1. The molecule has 0 aliphatic rings. The highest BCUT2D eigenvalue weighted by molar-refractivity contribution is 7.86. The van der Waals surface area contributed by atoms with Gasteiger partial charge in [0.25, 0.3) is 0 Å². The van der Waals surface area contributed by atoms with Crippen LogP contribution in [0.1, 0.15) is 58.4 Å². The Kier molecular flexibility index (Phi) is 8.25. The molecule has 0 heterocycles. The number of hydrogen-bond donors (Lipinski definition) is 0. The highest BCUT2D eigenvalue weighted by atomic mass is 32.2. The highest BCUT2D eigenvalue weighted by Gasteiger charge is 2.17. The van der Waals surface area contributed by atoms with Gasteiger partial charge in [0.2, 0.25) is 5.91 Å². The van der Waals surface area contributed by atoms with Gasteiger partial charge in [0.15, 0.2) is 0 Å². The summed E-state index contributed by atoms with van der Waals surface area (Å²) >= 11 is 0. The number of nitrogens with zero attached hydrogens (tertiary/aromatic N) is 1. The summed E-state index contributed by atoms with van der Waals surface area (Å²) < 4.78 is 27.1. The molecule has 24 heavy (non-hydrogen) atoms. The van der Waals surface area contributed by atoms with Crippen LogP contribution in [-0.4, -0.2) is 31.5 Å². The molecule has 0 N–H and O–H groups in total. The Morgan fingerprint density at radius 1 is 1.12 bits per heavy atom. The van der Waals surface area contributed by atoms with Crippen LogP contribution in [0.15, 0.2) is 24.3 Å². The van der Waals surface area contributed by atoms with Crippen molar-refractivity contribution in [1.29, 1.82) is 0 Å². The van der Waals surface area contributed by atoms with E-state index in [1.165, 1.54) is 0 Å². The monoisotopic (exact) mass is 355 g/mol. The van der Waals surface area contributed by atoms with Gasteiger partial charge in [-0.25, -0.2) is 0 Å². The van der Waals surface area contributed by atoms with Crippen LogP contribution in [0.5, 0.6) is 5.75 Å². The Hall–Kier alpha value is -1.56. The maximum Gasteiger partial charge on any atom is 0.306 e. The minimum Gasteiger partial charge on any atom is -0.383 e. The van der Waals surface area contributed by atoms with Crippen LogP contribution in [0.3, 0.4) is 0 Å². The van der Waals surface area contributed by atoms with Gasteiger partial charge in [-0.15, -0.1) is 0 Å². The summed E-state index contributed by atoms with van der Waals surface area (Å²) in [6, 6.07) is 6.93. The fourth-order valence-corrected chi connectivity index (χ4v) is 2.89. The molecule has 0 aliphatic heterocycles. The molecule has 0 bridgehead atoms. The second-order valence-electron chi connectivity index (χ2n) is 6.36. The van der Waals surface area contributed by atoms with Crippen molar-refractivity contribution >= 4 is 16.0 Å². The molecule has 1 rings (SSSR count). The third kappa shape index (κ3) is 7.81. The molecule has 136 valence electrons. The molecule has 0 saturated heterocycles. The predicted molar refractivity (Wildman–Crippen MR) is 96.4 cm³/mol. The molecule has 0 aromatic heterocycles. The Balaban J connectivity index is 2.66. The smallest absolute Gasteiger partial charge is 0.306 e. The molecule has 0 unspecified atom stereocenters. The van der Waals surface area contributed by atoms with Gasteiger partial charge in [0, 0.05) is 19.0 Å². The molecule has 1 aromatic rings. The SMILES string of the molecule is CCCCCCC(=O)N(Cc1ccc(OS(C)(=O)=O)cc1)C(C)C. The van der Waals surface area contributed by atoms with E-state index in [2.05, 4.69) is 6.92 Å². The minimum atomic E-state index is -3.52. The summed E-state index contributed by atoms with van der Waals surface area (Å²) in [6.45, 7) is 6.68. The third-order valence-corrected chi connectivity index (χ3v) is 4.21. The van der Waals surface area contributed by atoms with Crippen molar-refractivity contribution in [3.05, 3.63) is 29.8 Å². The number of hydrogen-bond acceptors (Lipinski definition) is 4. The molecule has 1 amide bonds. The van der Waals surface area contributed by atoms with Crippen LogP contribution < -0.4 is 4.18 Å². The molecule has 1 aromatic carbocycles. The maximum atomic E-state index is 12.4. The highest BCUT2D eigenvalue weighted by Crippen LogP contribution is 2.17. The fourth-order valence-electron chi connectivity index (χ4n) is 2.43. The van der Waals surface area contributed by atoms with Crippen molar-refractivity contribution in [3.8, 4) is 5.75 Å². The van der Waals surface area contributed by atoms with E-state index in [1.54, 1.807) is 24.3 Å². The van der Waals surface area contributed by atoms with Crippen LogP contribution in [0, 0.1) is 0 Å². The lowest BCUT2D eigenvalue weighted by Gasteiger charge is -2.27. The lowest BCUT2D eigenvalue weighted by Crippen LogP contribution is -2.36. The molecule has 0 spiro atoms. The van der Waals surface area contributed by atoms with Gasteiger partial charge in [-0.1, -0.05) is 38.3 Å². The Bertz CT molecular complexity index is 608. The average Bonchev–Trinajstić information content (AvgIpc) is 2.48. The van der Waals surface area contributed by atoms with E-state index < -0.39 is 10.1 Å². The molecule has 0 fully saturated rings. The lowest BCUT2D eigenvalue weighted by molar-refractivity contribution is -0.133. The van der Waals surface area contributed by atoms with Crippen LogP contribution in [0.2, 0.25) is 0 Å². The molecule has 0 aliphatic carbocycles. The summed E-state index contributed by atoms with van der Waals surface area (Å²) in [5, 5.41) is 0. The van der Waals surface area contributed by atoms with Gasteiger partial charge >= 0.3 is 10.1 Å². The van der Waals surface area contributed by atoms with Gasteiger partial charge < -0.3 is 9.08 Å². The predicted octanol–water partition coefficient (Wildman–Crippen LogP) is 3.73. The number of rotatable bonds is 10. The summed E-state index contributed by atoms with van der Waals surface area (Å²) in [5.74, 6) is 0.445. The zero-order valence-electron chi connectivity index (χ0n) is 15.1. The van der Waals surface area contributed by atoms with Crippen molar-refractivity contribution in [2.75, 3.05) is 6.26 Å². The van der Waals surface area contributed by atoms with Gasteiger partial charge in [-0.2, -0.15) is 8.42 Å². The first kappa shape index (κ1) is 20.5. The number of carbonyl (C=O) groups is 1. The topological polar surface area (TPSA) is 63.7 Å². The number of unbranched alkanes of at least 4 members (excludes halogenated alkanes) is 3. The van der Waals surface area contributed by atoms with Crippen molar-refractivity contribution < 1.29 is 17.4 Å². The average molecular weight is 356 g/mol. The first-order chi connectivity index (χ1) is 11.2. The standard InChI is InChI=1S/C18H29NO4S/c1-5-6-7-8-9-18(20)19(15(2)3)14-16-10-12-17(13-11-16)23-24(4,21)22/h10-13,15H,5-9,14H2,1-4H3. The largest absolute Gasteiger partial charge is 0.383 e. The first-order valence-corrected chi connectivity index (χ1v) is 10.3. The van der Waals surface area contributed by atoms with E-state index in [1.807, 2.05) is 18.7 Å². The maximum absolute atomic E-state index is 12.4. The zero-order valence-corrected chi connectivity index (χ0v) is 15.9. The van der Waals surface area contributed by atoms with Crippen LogP contribution in [-0.2, 0) is 21.5 Å². The molecular weight excluding hydrogens is 326 g/mol. The van der Waals surface area contributed by atoms with E-state index in [0.717, 1.165) is 37.5 Å². The Morgan fingerprint density at radius 2 is 1.75 bits per heavy atom. The van der Waals surface area contributed by atoms with E-state index in [-0.39, 0.29) is 17.7 Å². The van der Waals surface area contributed by atoms with Crippen LogP contribution in [0.25, 0.3) is 0 Å². The molecule has 0 atom stereocenters. The zero-order chi connectivity index (χ0) is 18.2. The fraction of sp³-hybridized carbons (Fsp3) is 0.611. The van der Waals surface area contributed by atoms with Crippen LogP contribution >= 0.6 is 0 Å². The quantitative estimate of drug-likeness (QED) is 0.474.